The van der Waals surface area contributed by atoms with E-state index in [1.165, 1.54) is 82.0 Å². The SMILES string of the molecule is CCCCCCCCCCC[n+]1ccn(CCCC)c1-c1ccccc1. The highest BCUT2D eigenvalue weighted by Crippen LogP contribution is 2.17. The highest BCUT2D eigenvalue weighted by atomic mass is 15.1. The molecule has 0 atom stereocenters. The number of benzene rings is 1. The zero-order chi connectivity index (χ0) is 18.5. The van der Waals surface area contributed by atoms with Gasteiger partial charge in [-0.3, -0.25) is 0 Å². The van der Waals surface area contributed by atoms with Crippen LogP contribution in [0.15, 0.2) is 42.7 Å². The first-order valence-electron chi connectivity index (χ1n) is 11.0. The average Bonchev–Trinajstić information content (AvgIpc) is 3.08. The second-order valence-electron chi connectivity index (χ2n) is 7.56. The summed E-state index contributed by atoms with van der Waals surface area (Å²) < 4.78 is 4.90. The van der Waals surface area contributed by atoms with E-state index in [0.717, 1.165) is 13.1 Å². The monoisotopic (exact) mass is 355 g/mol. The molecule has 0 saturated carbocycles. The number of hydrogen-bond donors (Lipinski definition) is 0. The molecule has 0 aliphatic carbocycles. The molecule has 0 radical (unpaired) electrons. The Bertz CT molecular complexity index is 586. The van der Waals surface area contributed by atoms with Gasteiger partial charge >= 0.3 is 0 Å². The van der Waals surface area contributed by atoms with Gasteiger partial charge in [0.2, 0.25) is 0 Å². The molecule has 0 fully saturated rings. The molecule has 0 aliphatic rings. The minimum Gasteiger partial charge on any atom is -0.230 e. The number of imidazole rings is 1. The molecular weight excluding hydrogens is 316 g/mol. The van der Waals surface area contributed by atoms with Gasteiger partial charge in [0.25, 0.3) is 5.82 Å². The molecule has 0 aliphatic heterocycles. The van der Waals surface area contributed by atoms with E-state index in [1.54, 1.807) is 0 Å². The van der Waals surface area contributed by atoms with Crippen LogP contribution in [0, 0.1) is 0 Å². The Morgan fingerprint density at radius 1 is 0.731 bits per heavy atom. The summed E-state index contributed by atoms with van der Waals surface area (Å²) in [5.74, 6) is 1.37. The van der Waals surface area contributed by atoms with Crippen molar-refractivity contribution >= 4 is 0 Å². The molecule has 1 aromatic carbocycles. The molecule has 2 heteroatoms. The highest BCUT2D eigenvalue weighted by Gasteiger charge is 2.18. The summed E-state index contributed by atoms with van der Waals surface area (Å²) in [4.78, 5) is 0. The summed E-state index contributed by atoms with van der Waals surface area (Å²) in [6.07, 6.45) is 19.5. The van der Waals surface area contributed by atoms with Gasteiger partial charge in [-0.15, -0.1) is 0 Å². The number of rotatable bonds is 14. The minimum absolute atomic E-state index is 1.12. The first kappa shape index (κ1) is 20.7. The van der Waals surface area contributed by atoms with Crippen LogP contribution in [0.2, 0.25) is 0 Å². The Morgan fingerprint density at radius 3 is 2.00 bits per heavy atom. The fourth-order valence-corrected chi connectivity index (χ4v) is 3.67. The van der Waals surface area contributed by atoms with Crippen LogP contribution in [0.5, 0.6) is 0 Å². The summed E-state index contributed by atoms with van der Waals surface area (Å²) in [7, 11) is 0. The Kier molecular flexibility index (Phi) is 10.2. The maximum absolute atomic E-state index is 2.46. The smallest absolute Gasteiger partial charge is 0.230 e. The van der Waals surface area contributed by atoms with Crippen LogP contribution in [0.3, 0.4) is 0 Å². The number of aryl methyl sites for hydroxylation is 2. The van der Waals surface area contributed by atoms with Crippen molar-refractivity contribution in [2.24, 2.45) is 0 Å². The molecule has 0 bridgehead atoms. The zero-order valence-electron chi connectivity index (χ0n) is 17.1. The first-order chi connectivity index (χ1) is 12.9. The van der Waals surface area contributed by atoms with Crippen LogP contribution in [-0.2, 0) is 13.1 Å². The summed E-state index contributed by atoms with van der Waals surface area (Å²) in [6.45, 7) is 6.81. The number of nitrogens with zero attached hydrogens (tertiary/aromatic N) is 2. The van der Waals surface area contributed by atoms with E-state index in [-0.39, 0.29) is 0 Å². The average molecular weight is 356 g/mol. The van der Waals surface area contributed by atoms with Gasteiger partial charge in [-0.2, -0.15) is 0 Å². The first-order valence-corrected chi connectivity index (χ1v) is 11.0. The molecule has 1 heterocycles. The van der Waals surface area contributed by atoms with Crippen LogP contribution >= 0.6 is 0 Å². The Hall–Kier alpha value is -1.57. The molecule has 0 spiro atoms. The van der Waals surface area contributed by atoms with Crippen molar-refractivity contribution in [1.82, 2.24) is 4.57 Å². The third-order valence-electron chi connectivity index (χ3n) is 5.26. The Labute approximate surface area is 161 Å². The molecule has 0 saturated heterocycles. The lowest BCUT2D eigenvalue weighted by atomic mass is 10.1. The lowest BCUT2D eigenvalue weighted by molar-refractivity contribution is -0.686. The van der Waals surface area contributed by atoms with Crippen molar-refractivity contribution in [2.75, 3.05) is 0 Å². The molecule has 0 unspecified atom stereocenters. The Morgan fingerprint density at radius 2 is 1.35 bits per heavy atom. The zero-order valence-corrected chi connectivity index (χ0v) is 17.1. The van der Waals surface area contributed by atoms with E-state index in [9.17, 15) is 0 Å². The van der Waals surface area contributed by atoms with E-state index >= 15 is 0 Å². The predicted molar refractivity (Wildman–Crippen MR) is 112 cm³/mol. The maximum atomic E-state index is 2.46. The van der Waals surface area contributed by atoms with Crippen molar-refractivity contribution < 1.29 is 4.57 Å². The van der Waals surface area contributed by atoms with E-state index in [4.69, 9.17) is 0 Å². The quantitative estimate of drug-likeness (QED) is 0.261. The molecule has 26 heavy (non-hydrogen) atoms. The molecule has 0 N–H and O–H groups in total. The van der Waals surface area contributed by atoms with Gasteiger partial charge in [0, 0.05) is 0 Å². The topological polar surface area (TPSA) is 8.81 Å². The van der Waals surface area contributed by atoms with Gasteiger partial charge in [-0.05, 0) is 31.4 Å². The van der Waals surface area contributed by atoms with Crippen molar-refractivity contribution in [3.05, 3.63) is 42.7 Å². The van der Waals surface area contributed by atoms with E-state index in [1.807, 2.05) is 0 Å². The molecule has 2 nitrogen and oxygen atoms in total. The van der Waals surface area contributed by atoms with Crippen LogP contribution in [-0.4, -0.2) is 4.57 Å². The number of unbranched alkanes of at least 4 members (excludes halogenated alkanes) is 9. The molecule has 144 valence electrons. The predicted octanol–water partition coefficient (Wildman–Crippen LogP) is 6.77. The summed E-state index contributed by atoms with van der Waals surface area (Å²) >= 11 is 0. The van der Waals surface area contributed by atoms with Crippen molar-refractivity contribution in [3.63, 3.8) is 0 Å². The van der Waals surface area contributed by atoms with Gasteiger partial charge < -0.3 is 0 Å². The van der Waals surface area contributed by atoms with Crippen LogP contribution < -0.4 is 4.57 Å². The third kappa shape index (κ3) is 6.97. The largest absolute Gasteiger partial charge is 0.288 e. The normalized spacial score (nSPS) is 11.2. The molecule has 2 aromatic rings. The lowest BCUT2D eigenvalue weighted by Crippen LogP contribution is -2.34. The van der Waals surface area contributed by atoms with Gasteiger partial charge in [-0.25, -0.2) is 9.13 Å². The van der Waals surface area contributed by atoms with Crippen molar-refractivity contribution in [2.45, 2.75) is 97.6 Å². The highest BCUT2D eigenvalue weighted by molar-refractivity contribution is 5.52. The molecular formula is C24H39N2+. The minimum atomic E-state index is 1.12. The third-order valence-corrected chi connectivity index (χ3v) is 5.26. The standard InChI is InChI=1S/C24H39N2/c1-3-5-7-8-9-10-11-12-16-20-26-22-21-25(19-6-4-2)24(26)23-17-14-13-15-18-23/h13-15,17-18,21-22H,3-12,16,19-20H2,1-2H3/q+1. The van der Waals surface area contributed by atoms with E-state index < -0.39 is 0 Å². The van der Waals surface area contributed by atoms with Crippen LogP contribution in [0.1, 0.15) is 84.5 Å². The van der Waals surface area contributed by atoms with Gasteiger partial charge in [-0.1, -0.05) is 83.4 Å². The molecule has 0 amide bonds. The summed E-state index contributed by atoms with van der Waals surface area (Å²) in [6, 6.07) is 10.9. The van der Waals surface area contributed by atoms with E-state index in [2.05, 4.69) is 65.7 Å². The van der Waals surface area contributed by atoms with Crippen LogP contribution in [0.4, 0.5) is 0 Å². The van der Waals surface area contributed by atoms with Gasteiger partial charge in [0.1, 0.15) is 12.4 Å². The number of hydrogen-bond acceptors (Lipinski definition) is 0. The summed E-state index contributed by atoms with van der Waals surface area (Å²) in [5.41, 5.74) is 1.34. The summed E-state index contributed by atoms with van der Waals surface area (Å²) in [5, 5.41) is 0. The number of aromatic nitrogens is 2. The molecule has 2 rings (SSSR count). The van der Waals surface area contributed by atoms with Crippen molar-refractivity contribution in [1.29, 1.82) is 0 Å². The van der Waals surface area contributed by atoms with E-state index in [0.29, 0.717) is 0 Å². The van der Waals surface area contributed by atoms with Crippen LogP contribution in [0.25, 0.3) is 11.4 Å². The lowest BCUT2D eigenvalue weighted by Gasteiger charge is -2.06. The van der Waals surface area contributed by atoms with Crippen molar-refractivity contribution in [3.8, 4) is 11.4 Å². The molecule has 1 aromatic heterocycles. The van der Waals surface area contributed by atoms with Gasteiger partial charge in [0.15, 0.2) is 0 Å². The Balaban J connectivity index is 1.82. The van der Waals surface area contributed by atoms with Gasteiger partial charge in [0.05, 0.1) is 18.7 Å². The second-order valence-corrected chi connectivity index (χ2v) is 7.56. The fraction of sp³-hybridized carbons (Fsp3) is 0.625. The fourth-order valence-electron chi connectivity index (χ4n) is 3.67. The second kappa shape index (κ2) is 12.7. The maximum Gasteiger partial charge on any atom is 0.288 e.